The molecule has 0 unspecified atom stereocenters. The second kappa shape index (κ2) is 6.11. The Kier molecular flexibility index (Phi) is 4.16. The molecule has 1 aliphatic heterocycles. The molecule has 2 heterocycles. The minimum atomic E-state index is -3.63. The number of sulfone groups is 1. The van der Waals surface area contributed by atoms with Gasteiger partial charge in [-0.05, 0) is 30.5 Å². The van der Waals surface area contributed by atoms with Crippen LogP contribution in [0.1, 0.15) is 41.0 Å². The van der Waals surface area contributed by atoms with E-state index in [1.54, 1.807) is 22.8 Å². The molecule has 0 fully saturated rings. The molecule has 1 amide bonds. The van der Waals surface area contributed by atoms with Gasteiger partial charge in [0.1, 0.15) is 5.82 Å². The Hall–Kier alpha value is -2.22. The summed E-state index contributed by atoms with van der Waals surface area (Å²) in [5.74, 6) is -0.0840. The third-order valence-electron chi connectivity index (χ3n) is 3.92. The Labute approximate surface area is 134 Å². The largest absolute Gasteiger partial charge is 0.366 e. The number of nitrogens with two attached hydrogens (primary N) is 1. The Morgan fingerprint density at radius 1 is 1.22 bits per heavy atom. The number of rotatable bonds is 4. The Morgan fingerprint density at radius 3 is 2.83 bits per heavy atom. The van der Waals surface area contributed by atoms with Crippen LogP contribution in [-0.4, -0.2) is 29.1 Å². The van der Waals surface area contributed by atoms with E-state index in [0.29, 0.717) is 12.1 Å². The molecule has 0 aliphatic carbocycles. The topological polar surface area (TPSA) is 108 Å². The standard InChI is InChI=1S/C15H18N4O3S/c16-14(20)12-6-4-5-11(9-12)10-23(21,22)15-18-17-13-7-2-1-3-8-19(13)15/h4-6,9H,1-3,7-8,10H2,(H2,16,20). The maximum atomic E-state index is 12.7. The van der Waals surface area contributed by atoms with Gasteiger partial charge in [0, 0.05) is 18.5 Å². The molecule has 1 aromatic heterocycles. The zero-order valence-electron chi connectivity index (χ0n) is 12.6. The molecule has 1 aliphatic rings. The van der Waals surface area contributed by atoms with Gasteiger partial charge in [-0.1, -0.05) is 18.6 Å². The molecule has 0 spiro atoms. The summed E-state index contributed by atoms with van der Waals surface area (Å²) in [6.45, 7) is 0.623. The molecule has 0 saturated carbocycles. The van der Waals surface area contributed by atoms with Gasteiger partial charge in [0.2, 0.25) is 20.9 Å². The highest BCUT2D eigenvalue weighted by Crippen LogP contribution is 2.20. The summed E-state index contributed by atoms with van der Waals surface area (Å²) in [6, 6.07) is 6.33. The monoisotopic (exact) mass is 334 g/mol. The van der Waals surface area contributed by atoms with E-state index in [2.05, 4.69) is 10.2 Å². The Bertz CT molecular complexity index is 842. The van der Waals surface area contributed by atoms with Gasteiger partial charge < -0.3 is 10.3 Å². The van der Waals surface area contributed by atoms with Crippen molar-refractivity contribution in [2.75, 3.05) is 0 Å². The first kappa shape index (κ1) is 15.7. The van der Waals surface area contributed by atoms with Gasteiger partial charge in [-0.2, -0.15) is 0 Å². The van der Waals surface area contributed by atoms with Gasteiger partial charge in [0.05, 0.1) is 5.75 Å². The first-order valence-corrected chi connectivity index (χ1v) is 9.16. The van der Waals surface area contributed by atoms with Crippen LogP contribution in [0.4, 0.5) is 0 Å². The number of carbonyl (C=O) groups excluding carboxylic acids is 1. The zero-order chi connectivity index (χ0) is 16.4. The fourth-order valence-corrected chi connectivity index (χ4v) is 4.23. The van der Waals surface area contributed by atoms with Crippen molar-refractivity contribution in [2.45, 2.75) is 43.1 Å². The van der Waals surface area contributed by atoms with Crippen LogP contribution in [0.25, 0.3) is 0 Å². The maximum absolute atomic E-state index is 12.7. The van der Waals surface area contributed by atoms with Crippen molar-refractivity contribution >= 4 is 15.7 Å². The highest BCUT2D eigenvalue weighted by atomic mass is 32.2. The third-order valence-corrected chi connectivity index (χ3v) is 5.49. The van der Waals surface area contributed by atoms with Crippen molar-refractivity contribution in [3.63, 3.8) is 0 Å². The average molecular weight is 334 g/mol. The summed E-state index contributed by atoms with van der Waals surface area (Å²) in [6.07, 6.45) is 3.73. The van der Waals surface area contributed by atoms with E-state index in [-0.39, 0.29) is 16.5 Å². The number of carbonyl (C=O) groups is 1. The number of hydrogen-bond donors (Lipinski definition) is 1. The van der Waals surface area contributed by atoms with Crippen molar-refractivity contribution in [3.8, 4) is 0 Å². The van der Waals surface area contributed by atoms with Crippen molar-refractivity contribution < 1.29 is 13.2 Å². The molecule has 1 aromatic carbocycles. The summed E-state index contributed by atoms with van der Waals surface area (Å²) >= 11 is 0. The van der Waals surface area contributed by atoms with Gasteiger partial charge in [-0.15, -0.1) is 10.2 Å². The second-order valence-corrected chi connectivity index (χ2v) is 7.57. The van der Waals surface area contributed by atoms with Gasteiger partial charge in [-0.3, -0.25) is 4.79 Å². The lowest BCUT2D eigenvalue weighted by molar-refractivity contribution is 0.1000. The van der Waals surface area contributed by atoms with Crippen LogP contribution in [0.5, 0.6) is 0 Å². The molecule has 3 rings (SSSR count). The first-order chi connectivity index (χ1) is 11.0. The van der Waals surface area contributed by atoms with E-state index in [4.69, 9.17) is 5.73 Å². The number of fused-ring (bicyclic) bond motifs is 1. The molecule has 2 aromatic rings. The zero-order valence-corrected chi connectivity index (χ0v) is 13.4. The maximum Gasteiger partial charge on any atom is 0.250 e. The van der Waals surface area contributed by atoms with Crippen LogP contribution in [0, 0.1) is 0 Å². The highest BCUT2D eigenvalue weighted by molar-refractivity contribution is 7.90. The first-order valence-electron chi connectivity index (χ1n) is 7.51. The molecule has 0 atom stereocenters. The molecule has 0 radical (unpaired) electrons. The smallest absolute Gasteiger partial charge is 0.250 e. The van der Waals surface area contributed by atoms with E-state index in [1.807, 2.05) is 0 Å². The minimum Gasteiger partial charge on any atom is -0.366 e. The quantitative estimate of drug-likeness (QED) is 0.900. The third kappa shape index (κ3) is 3.26. The Balaban J connectivity index is 1.92. The van der Waals surface area contributed by atoms with Crippen molar-refractivity contribution in [2.24, 2.45) is 5.73 Å². The Morgan fingerprint density at radius 2 is 2.04 bits per heavy atom. The number of aryl methyl sites for hydroxylation is 1. The second-order valence-electron chi connectivity index (χ2n) is 5.68. The summed E-state index contributed by atoms with van der Waals surface area (Å²) in [4.78, 5) is 11.2. The SMILES string of the molecule is NC(=O)c1cccc(CS(=O)(=O)c2nnc3n2CCCCC3)c1. The van der Waals surface area contributed by atoms with E-state index in [0.717, 1.165) is 31.5 Å². The molecule has 23 heavy (non-hydrogen) atoms. The lowest BCUT2D eigenvalue weighted by atomic mass is 10.1. The van der Waals surface area contributed by atoms with Gasteiger partial charge in [-0.25, -0.2) is 8.42 Å². The molecule has 0 saturated heterocycles. The van der Waals surface area contributed by atoms with E-state index >= 15 is 0 Å². The van der Waals surface area contributed by atoms with Crippen LogP contribution in [-0.2, 0) is 28.6 Å². The number of amides is 1. The minimum absolute atomic E-state index is 0.0129. The molecule has 8 heteroatoms. The van der Waals surface area contributed by atoms with Crippen LogP contribution in [0.15, 0.2) is 29.4 Å². The number of nitrogens with zero attached hydrogens (tertiary/aromatic N) is 3. The number of aromatic nitrogens is 3. The van der Waals surface area contributed by atoms with Crippen LogP contribution in [0.3, 0.4) is 0 Å². The highest BCUT2D eigenvalue weighted by Gasteiger charge is 2.26. The summed E-state index contributed by atoms with van der Waals surface area (Å²) in [5, 5.41) is 7.94. The van der Waals surface area contributed by atoms with Crippen molar-refractivity contribution in [1.29, 1.82) is 0 Å². The number of benzene rings is 1. The molecule has 0 bridgehead atoms. The lowest BCUT2D eigenvalue weighted by Crippen LogP contribution is -2.15. The predicted molar refractivity (Wildman–Crippen MR) is 83.4 cm³/mol. The molecular formula is C15H18N4O3S. The van der Waals surface area contributed by atoms with Crippen LogP contribution < -0.4 is 5.73 Å². The molecular weight excluding hydrogens is 316 g/mol. The average Bonchev–Trinajstić information content (AvgIpc) is 2.78. The lowest BCUT2D eigenvalue weighted by Gasteiger charge is -2.08. The molecule has 7 nitrogen and oxygen atoms in total. The van der Waals surface area contributed by atoms with E-state index in [1.165, 1.54) is 6.07 Å². The van der Waals surface area contributed by atoms with Crippen molar-refractivity contribution in [3.05, 3.63) is 41.2 Å². The number of hydrogen-bond acceptors (Lipinski definition) is 5. The van der Waals surface area contributed by atoms with Gasteiger partial charge in [0.15, 0.2) is 0 Å². The van der Waals surface area contributed by atoms with Crippen molar-refractivity contribution in [1.82, 2.24) is 14.8 Å². The fraction of sp³-hybridized carbons (Fsp3) is 0.400. The van der Waals surface area contributed by atoms with Gasteiger partial charge in [0.25, 0.3) is 0 Å². The van der Waals surface area contributed by atoms with Crippen LogP contribution in [0.2, 0.25) is 0 Å². The fourth-order valence-electron chi connectivity index (χ4n) is 2.79. The van der Waals surface area contributed by atoms with E-state index < -0.39 is 15.7 Å². The van der Waals surface area contributed by atoms with Crippen LogP contribution >= 0.6 is 0 Å². The summed E-state index contributed by atoms with van der Waals surface area (Å²) in [7, 11) is -3.63. The molecule has 122 valence electrons. The van der Waals surface area contributed by atoms with E-state index in [9.17, 15) is 13.2 Å². The summed E-state index contributed by atoms with van der Waals surface area (Å²) in [5.41, 5.74) is 6.03. The summed E-state index contributed by atoms with van der Waals surface area (Å²) < 4.78 is 27.1. The predicted octanol–water partition coefficient (Wildman–Crippen LogP) is 1.08. The molecule has 2 N–H and O–H groups in total. The number of primary amides is 1. The normalized spacial score (nSPS) is 15.0. The van der Waals surface area contributed by atoms with Gasteiger partial charge >= 0.3 is 0 Å².